The van der Waals surface area contributed by atoms with Crippen LogP contribution in [-0.4, -0.2) is 43.3 Å². The Labute approximate surface area is 94.8 Å². The van der Waals surface area contributed by atoms with E-state index in [1.54, 1.807) is 25.1 Å². The molecule has 0 fully saturated rings. The van der Waals surface area contributed by atoms with Crippen molar-refractivity contribution in [3.63, 3.8) is 0 Å². The first-order valence-corrected chi connectivity index (χ1v) is 4.80. The molecule has 1 aromatic heterocycles. The van der Waals surface area contributed by atoms with E-state index in [0.29, 0.717) is 11.4 Å². The number of rotatable bonds is 3. The molecule has 16 heavy (non-hydrogen) atoms. The van der Waals surface area contributed by atoms with Crippen molar-refractivity contribution in [2.75, 3.05) is 21.2 Å². The standard InChI is InChI=1S/C11H15N3O2/c1-8-5-10(16-4)12-6-9(8)11(15)13-7-14(2)3/h5-7H,1-4H3/b13-7+. The quantitative estimate of drug-likeness (QED) is 0.567. The van der Waals surface area contributed by atoms with Crippen LogP contribution in [0.25, 0.3) is 0 Å². The summed E-state index contributed by atoms with van der Waals surface area (Å²) in [6.07, 6.45) is 2.94. The molecule has 0 atom stereocenters. The summed E-state index contributed by atoms with van der Waals surface area (Å²) in [5.74, 6) is 0.187. The molecule has 0 N–H and O–H groups in total. The van der Waals surface area contributed by atoms with E-state index in [2.05, 4.69) is 9.98 Å². The Balaban J connectivity index is 2.92. The van der Waals surface area contributed by atoms with Gasteiger partial charge in [-0.25, -0.2) is 4.98 Å². The maximum absolute atomic E-state index is 11.7. The highest BCUT2D eigenvalue weighted by molar-refractivity contribution is 5.99. The first-order valence-electron chi connectivity index (χ1n) is 4.80. The summed E-state index contributed by atoms with van der Waals surface area (Å²) in [7, 11) is 5.14. The van der Waals surface area contributed by atoms with E-state index in [4.69, 9.17) is 4.74 Å². The number of amides is 1. The summed E-state index contributed by atoms with van der Waals surface area (Å²) in [5.41, 5.74) is 1.28. The second kappa shape index (κ2) is 5.25. The fraction of sp³-hybridized carbons (Fsp3) is 0.364. The average Bonchev–Trinajstić information content (AvgIpc) is 2.25. The highest BCUT2D eigenvalue weighted by atomic mass is 16.5. The van der Waals surface area contributed by atoms with Crippen LogP contribution in [0.2, 0.25) is 0 Å². The number of pyridine rings is 1. The molecule has 1 amide bonds. The lowest BCUT2D eigenvalue weighted by molar-refractivity contribution is 0.100. The average molecular weight is 221 g/mol. The van der Waals surface area contributed by atoms with Crippen molar-refractivity contribution in [2.24, 2.45) is 4.99 Å². The van der Waals surface area contributed by atoms with Crippen LogP contribution in [0, 0.1) is 6.92 Å². The van der Waals surface area contributed by atoms with Crippen molar-refractivity contribution in [3.8, 4) is 5.88 Å². The number of aliphatic imine (C=N–C) groups is 1. The van der Waals surface area contributed by atoms with E-state index >= 15 is 0 Å². The Bertz CT molecular complexity index is 414. The first-order chi connectivity index (χ1) is 7.54. The minimum atomic E-state index is -0.304. The van der Waals surface area contributed by atoms with E-state index < -0.39 is 0 Å². The Kier molecular flexibility index (Phi) is 3.99. The molecule has 0 aromatic carbocycles. The molecule has 0 saturated carbocycles. The van der Waals surface area contributed by atoms with Crippen LogP contribution in [0.15, 0.2) is 17.3 Å². The van der Waals surface area contributed by atoms with Gasteiger partial charge in [-0.1, -0.05) is 0 Å². The number of carbonyl (C=O) groups excluding carboxylic acids is 1. The fourth-order valence-corrected chi connectivity index (χ4v) is 1.10. The van der Waals surface area contributed by atoms with Gasteiger partial charge in [0.25, 0.3) is 5.91 Å². The van der Waals surface area contributed by atoms with Crippen LogP contribution in [0.1, 0.15) is 15.9 Å². The molecule has 1 heterocycles. The molecule has 86 valence electrons. The van der Waals surface area contributed by atoms with Crippen molar-refractivity contribution < 1.29 is 9.53 Å². The first kappa shape index (κ1) is 12.2. The molecule has 0 aliphatic carbocycles. The van der Waals surface area contributed by atoms with Gasteiger partial charge in [-0.2, -0.15) is 4.99 Å². The van der Waals surface area contributed by atoms with Crippen LogP contribution in [0.4, 0.5) is 0 Å². The Morgan fingerprint density at radius 1 is 1.56 bits per heavy atom. The molecule has 0 bridgehead atoms. The van der Waals surface area contributed by atoms with Gasteiger partial charge in [0.15, 0.2) is 0 Å². The fourth-order valence-electron chi connectivity index (χ4n) is 1.10. The third-order valence-corrected chi connectivity index (χ3v) is 1.93. The molecule has 0 radical (unpaired) electrons. The molecular weight excluding hydrogens is 206 g/mol. The Morgan fingerprint density at radius 3 is 2.75 bits per heavy atom. The van der Waals surface area contributed by atoms with Crippen LogP contribution >= 0.6 is 0 Å². The van der Waals surface area contributed by atoms with Gasteiger partial charge >= 0.3 is 0 Å². The van der Waals surface area contributed by atoms with Crippen LogP contribution in [-0.2, 0) is 0 Å². The van der Waals surface area contributed by atoms with Gasteiger partial charge in [0.2, 0.25) is 5.88 Å². The minimum Gasteiger partial charge on any atom is -0.481 e. The van der Waals surface area contributed by atoms with Crippen LogP contribution < -0.4 is 4.74 Å². The molecule has 1 aromatic rings. The van der Waals surface area contributed by atoms with E-state index in [9.17, 15) is 4.79 Å². The number of hydrogen-bond donors (Lipinski definition) is 0. The van der Waals surface area contributed by atoms with Crippen molar-refractivity contribution in [1.29, 1.82) is 0 Å². The van der Waals surface area contributed by atoms with Crippen molar-refractivity contribution in [1.82, 2.24) is 9.88 Å². The lowest BCUT2D eigenvalue weighted by Gasteiger charge is -2.05. The summed E-state index contributed by atoms with van der Waals surface area (Å²) in [6, 6.07) is 1.71. The van der Waals surface area contributed by atoms with Gasteiger partial charge in [-0.15, -0.1) is 0 Å². The highest BCUT2D eigenvalue weighted by Crippen LogP contribution is 2.13. The molecule has 1 rings (SSSR count). The second-order valence-corrected chi connectivity index (χ2v) is 3.55. The monoisotopic (exact) mass is 221 g/mol. The largest absolute Gasteiger partial charge is 0.481 e. The van der Waals surface area contributed by atoms with Crippen molar-refractivity contribution >= 4 is 12.2 Å². The zero-order valence-corrected chi connectivity index (χ0v) is 9.89. The van der Waals surface area contributed by atoms with Gasteiger partial charge < -0.3 is 9.64 Å². The topological polar surface area (TPSA) is 54.8 Å². The summed E-state index contributed by atoms with van der Waals surface area (Å²) < 4.78 is 4.96. The van der Waals surface area contributed by atoms with E-state index in [1.807, 2.05) is 6.92 Å². The molecular formula is C11H15N3O2. The summed E-state index contributed by atoms with van der Waals surface area (Å²) >= 11 is 0. The van der Waals surface area contributed by atoms with Gasteiger partial charge in [-0.3, -0.25) is 4.79 Å². The number of methoxy groups -OCH3 is 1. The predicted molar refractivity (Wildman–Crippen MR) is 62.0 cm³/mol. The molecule has 0 aliphatic heterocycles. The van der Waals surface area contributed by atoms with Crippen molar-refractivity contribution in [2.45, 2.75) is 6.92 Å². The predicted octanol–water partition coefficient (Wildman–Crippen LogP) is 1.13. The molecule has 5 heteroatoms. The van der Waals surface area contributed by atoms with E-state index in [-0.39, 0.29) is 5.91 Å². The highest BCUT2D eigenvalue weighted by Gasteiger charge is 2.08. The molecule has 0 saturated heterocycles. The number of ether oxygens (including phenoxy) is 1. The Hall–Kier alpha value is -1.91. The maximum atomic E-state index is 11.7. The third-order valence-electron chi connectivity index (χ3n) is 1.93. The smallest absolute Gasteiger partial charge is 0.280 e. The number of carbonyl (C=O) groups is 1. The molecule has 0 spiro atoms. The number of aromatic nitrogens is 1. The van der Waals surface area contributed by atoms with Crippen molar-refractivity contribution in [3.05, 3.63) is 23.4 Å². The number of nitrogens with zero attached hydrogens (tertiary/aromatic N) is 3. The minimum absolute atomic E-state index is 0.304. The van der Waals surface area contributed by atoms with E-state index in [0.717, 1.165) is 5.56 Å². The van der Waals surface area contributed by atoms with E-state index in [1.165, 1.54) is 19.6 Å². The number of hydrogen-bond acceptors (Lipinski definition) is 3. The third kappa shape index (κ3) is 3.05. The SMILES string of the molecule is COc1cc(C)c(C(=O)/N=C/N(C)C)cn1. The molecule has 0 aliphatic rings. The maximum Gasteiger partial charge on any atom is 0.280 e. The number of aryl methyl sites for hydroxylation is 1. The molecule has 0 unspecified atom stereocenters. The summed E-state index contributed by atoms with van der Waals surface area (Å²) in [5, 5.41) is 0. The zero-order valence-electron chi connectivity index (χ0n) is 9.89. The van der Waals surface area contributed by atoms with Crippen LogP contribution in [0.3, 0.4) is 0 Å². The summed E-state index contributed by atoms with van der Waals surface area (Å²) in [6.45, 7) is 1.82. The van der Waals surface area contributed by atoms with Gasteiger partial charge in [0, 0.05) is 26.4 Å². The van der Waals surface area contributed by atoms with Gasteiger partial charge in [0.1, 0.15) is 0 Å². The lowest BCUT2D eigenvalue weighted by Crippen LogP contribution is -2.10. The zero-order chi connectivity index (χ0) is 12.1. The lowest BCUT2D eigenvalue weighted by atomic mass is 10.1. The molecule has 5 nitrogen and oxygen atoms in total. The normalized spacial score (nSPS) is 10.5. The second-order valence-electron chi connectivity index (χ2n) is 3.55. The van der Waals surface area contributed by atoms with Gasteiger partial charge in [-0.05, 0) is 12.5 Å². The van der Waals surface area contributed by atoms with Crippen LogP contribution in [0.5, 0.6) is 5.88 Å². The summed E-state index contributed by atoms with van der Waals surface area (Å²) in [4.78, 5) is 21.1. The Morgan fingerprint density at radius 2 is 2.25 bits per heavy atom. The van der Waals surface area contributed by atoms with Gasteiger partial charge in [0.05, 0.1) is 19.0 Å².